The third-order valence-corrected chi connectivity index (χ3v) is 5.38. The van der Waals surface area contributed by atoms with Crippen molar-refractivity contribution in [3.63, 3.8) is 0 Å². The Morgan fingerprint density at radius 3 is 3.09 bits per heavy atom. The Balaban J connectivity index is 1.46. The lowest BCUT2D eigenvalue weighted by molar-refractivity contribution is -0.0230. The van der Waals surface area contributed by atoms with Crippen LogP contribution < -0.4 is 0 Å². The number of morpholine rings is 1. The number of amides is 1. The van der Waals surface area contributed by atoms with Gasteiger partial charge in [-0.15, -0.1) is 11.3 Å². The van der Waals surface area contributed by atoms with Gasteiger partial charge in [-0.25, -0.2) is 4.98 Å². The second-order valence-corrected chi connectivity index (χ2v) is 6.97. The molecule has 4 rings (SSSR count). The van der Waals surface area contributed by atoms with Gasteiger partial charge < -0.3 is 9.64 Å². The van der Waals surface area contributed by atoms with E-state index in [1.165, 1.54) is 12.8 Å². The molecule has 1 saturated heterocycles. The van der Waals surface area contributed by atoms with Crippen LogP contribution in [-0.2, 0) is 11.3 Å². The number of rotatable bonds is 4. The van der Waals surface area contributed by atoms with Crippen molar-refractivity contribution in [2.24, 2.45) is 0 Å². The number of ether oxygens (including phenoxy) is 1. The third-order valence-electron chi connectivity index (χ3n) is 4.37. The second-order valence-electron chi connectivity index (χ2n) is 6.09. The molecule has 2 aromatic heterocycles. The van der Waals surface area contributed by atoms with Crippen LogP contribution in [0.4, 0.5) is 0 Å². The number of aromatic nitrogens is 3. The van der Waals surface area contributed by atoms with Crippen LogP contribution in [0.15, 0.2) is 17.8 Å². The van der Waals surface area contributed by atoms with Crippen molar-refractivity contribution >= 4 is 17.2 Å². The molecule has 1 amide bonds. The van der Waals surface area contributed by atoms with Gasteiger partial charge in [-0.3, -0.25) is 9.48 Å². The summed E-state index contributed by atoms with van der Waals surface area (Å²) < 4.78 is 7.70. The van der Waals surface area contributed by atoms with E-state index < -0.39 is 0 Å². The first-order valence-electron chi connectivity index (χ1n) is 8.13. The summed E-state index contributed by atoms with van der Waals surface area (Å²) in [6, 6.07) is 0. The van der Waals surface area contributed by atoms with Crippen LogP contribution in [0.3, 0.4) is 0 Å². The van der Waals surface area contributed by atoms with E-state index in [4.69, 9.17) is 4.74 Å². The van der Waals surface area contributed by atoms with Crippen LogP contribution in [0.1, 0.15) is 52.8 Å². The van der Waals surface area contributed by atoms with Gasteiger partial charge in [0.1, 0.15) is 11.8 Å². The summed E-state index contributed by atoms with van der Waals surface area (Å²) in [6.45, 7) is 4.61. The highest BCUT2D eigenvalue weighted by Crippen LogP contribution is 2.41. The van der Waals surface area contributed by atoms with Gasteiger partial charge in [0, 0.05) is 36.1 Å². The summed E-state index contributed by atoms with van der Waals surface area (Å²) >= 11 is 1.61. The van der Waals surface area contributed by atoms with Gasteiger partial charge >= 0.3 is 0 Å². The maximum Gasteiger partial charge on any atom is 0.273 e. The summed E-state index contributed by atoms with van der Waals surface area (Å²) in [4.78, 5) is 19.1. The van der Waals surface area contributed by atoms with E-state index in [2.05, 4.69) is 10.1 Å². The minimum Gasteiger partial charge on any atom is -0.370 e. The predicted octanol–water partition coefficient (Wildman–Crippen LogP) is 2.45. The fourth-order valence-corrected chi connectivity index (χ4v) is 3.78. The largest absolute Gasteiger partial charge is 0.370 e. The van der Waals surface area contributed by atoms with Crippen molar-refractivity contribution in [3.05, 3.63) is 34.0 Å². The molecule has 0 bridgehead atoms. The van der Waals surface area contributed by atoms with Crippen molar-refractivity contribution in [1.82, 2.24) is 19.7 Å². The summed E-state index contributed by atoms with van der Waals surface area (Å²) in [5.41, 5.74) is 1.61. The number of carbonyl (C=O) groups is 1. The lowest BCUT2D eigenvalue weighted by Gasteiger charge is -2.32. The fourth-order valence-electron chi connectivity index (χ4n) is 2.82. The molecule has 2 aromatic rings. The first-order valence-corrected chi connectivity index (χ1v) is 9.01. The molecule has 2 fully saturated rings. The molecule has 6 nitrogen and oxygen atoms in total. The van der Waals surface area contributed by atoms with Gasteiger partial charge in [0.05, 0.1) is 24.4 Å². The van der Waals surface area contributed by atoms with Gasteiger partial charge in [0.2, 0.25) is 0 Å². The number of nitrogens with zero attached hydrogens (tertiary/aromatic N) is 4. The van der Waals surface area contributed by atoms with E-state index in [1.807, 2.05) is 34.3 Å². The highest BCUT2D eigenvalue weighted by atomic mass is 32.1. The Hall–Kier alpha value is -1.73. The Morgan fingerprint density at radius 2 is 2.35 bits per heavy atom. The zero-order valence-corrected chi connectivity index (χ0v) is 14.0. The standard InChI is InChI=1S/C16H20N4O2S/c1-2-20-8-12(7-17-20)14-9-19(5-6-22-14)16(21)13-10-23-15(18-13)11-3-4-11/h7-8,10-11,14H,2-6,9H2,1H3. The SMILES string of the molecule is CCn1cc(C2CN(C(=O)c3csc(C4CC4)n3)CCO2)cn1. The number of thiazole rings is 1. The first-order chi connectivity index (χ1) is 11.2. The van der Waals surface area contributed by atoms with Gasteiger partial charge in [-0.2, -0.15) is 5.10 Å². The van der Waals surface area contributed by atoms with Crippen molar-refractivity contribution in [3.8, 4) is 0 Å². The number of hydrogen-bond acceptors (Lipinski definition) is 5. The molecular weight excluding hydrogens is 312 g/mol. The number of carbonyl (C=O) groups excluding carboxylic acids is 1. The molecule has 1 aliphatic carbocycles. The molecule has 7 heteroatoms. The lowest BCUT2D eigenvalue weighted by Crippen LogP contribution is -2.42. The van der Waals surface area contributed by atoms with Crippen LogP contribution in [-0.4, -0.2) is 45.3 Å². The van der Waals surface area contributed by atoms with E-state index in [9.17, 15) is 4.79 Å². The number of hydrogen-bond donors (Lipinski definition) is 0. The molecule has 23 heavy (non-hydrogen) atoms. The monoisotopic (exact) mass is 332 g/mol. The molecule has 1 atom stereocenters. The number of aryl methyl sites for hydroxylation is 1. The summed E-state index contributed by atoms with van der Waals surface area (Å²) in [7, 11) is 0. The zero-order valence-electron chi connectivity index (χ0n) is 13.1. The summed E-state index contributed by atoms with van der Waals surface area (Å²) in [5, 5.41) is 7.30. The zero-order chi connectivity index (χ0) is 15.8. The van der Waals surface area contributed by atoms with Crippen molar-refractivity contribution in [2.75, 3.05) is 19.7 Å². The van der Waals surface area contributed by atoms with Crippen molar-refractivity contribution in [1.29, 1.82) is 0 Å². The predicted molar refractivity (Wildman–Crippen MR) is 86.6 cm³/mol. The lowest BCUT2D eigenvalue weighted by atomic mass is 10.1. The molecule has 1 saturated carbocycles. The Bertz CT molecular complexity index is 707. The molecule has 1 unspecified atom stereocenters. The van der Waals surface area contributed by atoms with Gasteiger partial charge in [0.15, 0.2) is 0 Å². The summed E-state index contributed by atoms with van der Waals surface area (Å²) in [5.74, 6) is 0.614. The third kappa shape index (κ3) is 3.03. The minimum atomic E-state index is -0.102. The average molecular weight is 332 g/mol. The second kappa shape index (κ2) is 6.05. The van der Waals surface area contributed by atoms with Crippen LogP contribution in [0.5, 0.6) is 0 Å². The molecule has 2 aliphatic rings. The van der Waals surface area contributed by atoms with Crippen LogP contribution in [0, 0.1) is 0 Å². The van der Waals surface area contributed by atoms with Crippen molar-refractivity contribution in [2.45, 2.75) is 38.3 Å². The van der Waals surface area contributed by atoms with E-state index in [0.29, 0.717) is 31.3 Å². The molecule has 0 N–H and O–H groups in total. The van der Waals surface area contributed by atoms with E-state index >= 15 is 0 Å². The van der Waals surface area contributed by atoms with E-state index in [1.54, 1.807) is 11.3 Å². The molecule has 3 heterocycles. The van der Waals surface area contributed by atoms with E-state index in [0.717, 1.165) is 17.1 Å². The summed E-state index contributed by atoms with van der Waals surface area (Å²) in [6.07, 6.45) is 6.14. The quantitative estimate of drug-likeness (QED) is 0.863. The first kappa shape index (κ1) is 14.8. The Labute approximate surface area is 139 Å². The van der Waals surface area contributed by atoms with E-state index in [-0.39, 0.29) is 12.0 Å². The Kier molecular flexibility index (Phi) is 3.90. The van der Waals surface area contributed by atoms with Crippen LogP contribution >= 0.6 is 11.3 Å². The molecule has 0 spiro atoms. The fraction of sp³-hybridized carbons (Fsp3) is 0.562. The Morgan fingerprint density at radius 1 is 1.48 bits per heavy atom. The van der Waals surface area contributed by atoms with Crippen LogP contribution in [0.2, 0.25) is 0 Å². The van der Waals surface area contributed by atoms with Crippen LogP contribution in [0.25, 0.3) is 0 Å². The van der Waals surface area contributed by atoms with Gasteiger partial charge in [-0.05, 0) is 19.8 Å². The molecule has 122 valence electrons. The minimum absolute atomic E-state index is 0.0179. The molecule has 0 radical (unpaired) electrons. The molecular formula is C16H20N4O2S. The average Bonchev–Trinajstić information content (AvgIpc) is 3.14. The smallest absolute Gasteiger partial charge is 0.273 e. The van der Waals surface area contributed by atoms with Gasteiger partial charge in [0.25, 0.3) is 5.91 Å². The maximum absolute atomic E-state index is 12.7. The maximum atomic E-state index is 12.7. The topological polar surface area (TPSA) is 60.2 Å². The molecule has 0 aromatic carbocycles. The molecule has 1 aliphatic heterocycles. The van der Waals surface area contributed by atoms with Crippen molar-refractivity contribution < 1.29 is 9.53 Å². The highest BCUT2D eigenvalue weighted by Gasteiger charge is 2.31. The normalized spacial score (nSPS) is 21.6. The highest BCUT2D eigenvalue weighted by molar-refractivity contribution is 7.10. The van der Waals surface area contributed by atoms with Gasteiger partial charge in [-0.1, -0.05) is 0 Å².